The molecule has 0 bridgehead atoms. The van der Waals surface area contributed by atoms with E-state index in [0.717, 1.165) is 62.2 Å². The molecular weight excluding hydrogens is 290 g/mol. The lowest BCUT2D eigenvalue weighted by molar-refractivity contribution is 0.0657. The Balaban J connectivity index is 1.88. The number of rotatable bonds is 4. The zero-order chi connectivity index (χ0) is 16.2. The summed E-state index contributed by atoms with van der Waals surface area (Å²) in [6.07, 6.45) is 8.89. The molecule has 0 aliphatic carbocycles. The summed E-state index contributed by atoms with van der Waals surface area (Å²) in [5, 5.41) is 4.47. The predicted molar refractivity (Wildman–Crippen MR) is 88.2 cm³/mol. The van der Waals surface area contributed by atoms with Crippen LogP contribution < -0.4 is 0 Å². The van der Waals surface area contributed by atoms with Crippen LogP contribution in [0.15, 0.2) is 29.0 Å². The average Bonchev–Trinajstić information content (AvgIpc) is 3.11. The first-order valence-corrected chi connectivity index (χ1v) is 8.59. The first-order valence-electron chi connectivity index (χ1n) is 8.59. The van der Waals surface area contributed by atoms with Crippen molar-refractivity contribution in [2.75, 3.05) is 6.54 Å². The van der Waals surface area contributed by atoms with Gasteiger partial charge in [-0.1, -0.05) is 19.8 Å². The minimum absolute atomic E-state index is 0.0360. The fraction of sp³-hybridized carbons (Fsp3) is 0.556. The molecule has 2 aromatic heterocycles. The molecule has 5 nitrogen and oxygen atoms in total. The number of furan rings is 1. The van der Waals surface area contributed by atoms with Gasteiger partial charge in [0.1, 0.15) is 5.76 Å². The zero-order valence-electron chi connectivity index (χ0n) is 14.0. The summed E-state index contributed by atoms with van der Waals surface area (Å²) in [6.45, 7) is 5.65. The minimum atomic E-state index is 0.0360. The Labute approximate surface area is 137 Å². The van der Waals surface area contributed by atoms with Gasteiger partial charge < -0.3 is 9.32 Å². The van der Waals surface area contributed by atoms with Gasteiger partial charge in [-0.15, -0.1) is 0 Å². The molecule has 3 rings (SSSR count). The molecular formula is C18H25N3O2. The Hall–Kier alpha value is -2.04. The van der Waals surface area contributed by atoms with Crippen molar-refractivity contribution < 1.29 is 9.21 Å². The largest absolute Gasteiger partial charge is 0.467 e. The molecule has 0 saturated carbocycles. The molecule has 3 heterocycles. The second-order valence-electron chi connectivity index (χ2n) is 6.27. The minimum Gasteiger partial charge on any atom is -0.467 e. The van der Waals surface area contributed by atoms with E-state index in [9.17, 15) is 4.79 Å². The van der Waals surface area contributed by atoms with Gasteiger partial charge in [-0.25, -0.2) is 0 Å². The van der Waals surface area contributed by atoms with Crippen LogP contribution in [0.3, 0.4) is 0 Å². The van der Waals surface area contributed by atoms with E-state index in [0.29, 0.717) is 0 Å². The molecule has 0 N–H and O–H groups in total. The van der Waals surface area contributed by atoms with Crippen LogP contribution in [0.2, 0.25) is 0 Å². The van der Waals surface area contributed by atoms with Crippen molar-refractivity contribution in [2.45, 2.75) is 58.5 Å². The van der Waals surface area contributed by atoms with Crippen LogP contribution in [-0.4, -0.2) is 27.1 Å². The van der Waals surface area contributed by atoms with Crippen molar-refractivity contribution in [3.8, 4) is 0 Å². The van der Waals surface area contributed by atoms with Crippen molar-refractivity contribution in [1.29, 1.82) is 0 Å². The maximum atomic E-state index is 13.1. The van der Waals surface area contributed by atoms with E-state index in [1.54, 1.807) is 6.26 Å². The van der Waals surface area contributed by atoms with Gasteiger partial charge in [0.15, 0.2) is 0 Å². The number of nitrogens with zero attached hydrogens (tertiary/aromatic N) is 3. The lowest BCUT2D eigenvalue weighted by atomic mass is 10.1. The maximum absolute atomic E-state index is 13.1. The highest BCUT2D eigenvalue weighted by Crippen LogP contribution is 2.32. The zero-order valence-corrected chi connectivity index (χ0v) is 14.0. The maximum Gasteiger partial charge on any atom is 0.257 e. The molecule has 1 aliphatic heterocycles. The molecule has 0 radical (unpaired) electrons. The molecule has 0 unspecified atom stereocenters. The quantitative estimate of drug-likeness (QED) is 0.858. The summed E-state index contributed by atoms with van der Waals surface area (Å²) in [5.41, 5.74) is 1.53. The molecule has 23 heavy (non-hydrogen) atoms. The van der Waals surface area contributed by atoms with Crippen LogP contribution >= 0.6 is 0 Å². The molecule has 5 heteroatoms. The Morgan fingerprint density at radius 1 is 1.39 bits per heavy atom. The second kappa shape index (κ2) is 7.02. The molecule has 1 saturated heterocycles. The topological polar surface area (TPSA) is 51.3 Å². The number of hydrogen-bond acceptors (Lipinski definition) is 3. The summed E-state index contributed by atoms with van der Waals surface area (Å²) in [7, 11) is 0. The van der Waals surface area contributed by atoms with Crippen LogP contribution in [0.25, 0.3) is 0 Å². The lowest BCUT2D eigenvalue weighted by Gasteiger charge is -2.28. The van der Waals surface area contributed by atoms with E-state index in [1.165, 1.54) is 0 Å². The molecule has 1 aliphatic rings. The van der Waals surface area contributed by atoms with Crippen LogP contribution in [0.4, 0.5) is 0 Å². The summed E-state index contributed by atoms with van der Waals surface area (Å²) >= 11 is 0. The molecule has 2 aromatic rings. The number of carbonyl (C=O) groups is 1. The van der Waals surface area contributed by atoms with Gasteiger partial charge in [-0.05, 0) is 38.3 Å². The Kier molecular flexibility index (Phi) is 4.84. The first kappa shape index (κ1) is 15.8. The van der Waals surface area contributed by atoms with Crippen molar-refractivity contribution in [3.05, 3.63) is 41.6 Å². The summed E-state index contributed by atoms with van der Waals surface area (Å²) in [4.78, 5) is 15.1. The molecule has 0 spiro atoms. The molecule has 1 atom stereocenters. The fourth-order valence-electron chi connectivity index (χ4n) is 3.35. The van der Waals surface area contributed by atoms with Gasteiger partial charge in [0.2, 0.25) is 0 Å². The van der Waals surface area contributed by atoms with Gasteiger partial charge in [-0.2, -0.15) is 5.10 Å². The number of aryl methyl sites for hydroxylation is 2. The Morgan fingerprint density at radius 3 is 3.00 bits per heavy atom. The van der Waals surface area contributed by atoms with E-state index >= 15 is 0 Å². The molecule has 124 valence electrons. The summed E-state index contributed by atoms with van der Waals surface area (Å²) in [6, 6.07) is 3.91. The van der Waals surface area contributed by atoms with E-state index in [4.69, 9.17) is 4.42 Å². The average molecular weight is 315 g/mol. The van der Waals surface area contributed by atoms with E-state index in [-0.39, 0.29) is 11.9 Å². The number of aromatic nitrogens is 2. The number of carbonyl (C=O) groups excluding carboxylic acids is 1. The van der Waals surface area contributed by atoms with Crippen LogP contribution in [0.1, 0.15) is 66.9 Å². The van der Waals surface area contributed by atoms with Crippen LogP contribution in [0, 0.1) is 6.92 Å². The summed E-state index contributed by atoms with van der Waals surface area (Å²) < 4.78 is 7.48. The third kappa shape index (κ3) is 3.33. The van der Waals surface area contributed by atoms with E-state index in [2.05, 4.69) is 12.0 Å². The van der Waals surface area contributed by atoms with Gasteiger partial charge in [-0.3, -0.25) is 9.48 Å². The monoisotopic (exact) mass is 315 g/mol. The van der Waals surface area contributed by atoms with Crippen LogP contribution in [0.5, 0.6) is 0 Å². The van der Waals surface area contributed by atoms with Gasteiger partial charge >= 0.3 is 0 Å². The summed E-state index contributed by atoms with van der Waals surface area (Å²) in [5.74, 6) is 0.965. The Morgan fingerprint density at radius 2 is 2.26 bits per heavy atom. The fourth-order valence-corrected chi connectivity index (χ4v) is 3.35. The van der Waals surface area contributed by atoms with Crippen molar-refractivity contribution >= 4 is 5.91 Å². The van der Waals surface area contributed by atoms with Gasteiger partial charge in [0.25, 0.3) is 5.91 Å². The lowest BCUT2D eigenvalue weighted by Crippen LogP contribution is -2.34. The van der Waals surface area contributed by atoms with E-state index in [1.807, 2.05) is 34.8 Å². The molecule has 1 fully saturated rings. The smallest absolute Gasteiger partial charge is 0.257 e. The van der Waals surface area contributed by atoms with Crippen molar-refractivity contribution in [2.24, 2.45) is 0 Å². The van der Waals surface area contributed by atoms with Crippen molar-refractivity contribution in [1.82, 2.24) is 14.7 Å². The number of amides is 1. The van der Waals surface area contributed by atoms with Gasteiger partial charge in [0, 0.05) is 19.3 Å². The molecule has 0 aromatic carbocycles. The Bertz CT molecular complexity index is 645. The highest BCUT2D eigenvalue weighted by molar-refractivity contribution is 5.95. The van der Waals surface area contributed by atoms with Crippen LogP contribution in [-0.2, 0) is 6.54 Å². The van der Waals surface area contributed by atoms with Gasteiger partial charge in [0.05, 0.1) is 23.6 Å². The highest BCUT2D eigenvalue weighted by Gasteiger charge is 2.30. The molecule has 1 amide bonds. The third-order valence-corrected chi connectivity index (χ3v) is 4.51. The highest BCUT2D eigenvalue weighted by atomic mass is 16.3. The second-order valence-corrected chi connectivity index (χ2v) is 6.27. The standard InChI is InChI=1S/C18H25N3O2/c1-3-10-20-13-15(14(2)19-20)18(22)21-11-6-4-5-8-16(21)17-9-7-12-23-17/h7,9,12-13,16H,3-6,8,10-11H2,1-2H3/t16-/m0/s1. The van der Waals surface area contributed by atoms with E-state index < -0.39 is 0 Å². The number of hydrogen-bond donors (Lipinski definition) is 0. The normalized spacial score (nSPS) is 18.9. The number of likely N-dealkylation sites (tertiary alicyclic amines) is 1. The third-order valence-electron chi connectivity index (χ3n) is 4.51. The van der Waals surface area contributed by atoms with Crippen molar-refractivity contribution in [3.63, 3.8) is 0 Å². The SMILES string of the molecule is CCCn1cc(C(=O)N2CCCCC[C@H]2c2ccco2)c(C)n1. The first-order chi connectivity index (χ1) is 11.2. The predicted octanol–water partition coefficient (Wildman–Crippen LogP) is 3.95.